The summed E-state index contributed by atoms with van der Waals surface area (Å²) in [4.78, 5) is 32.7. The maximum atomic E-state index is 13.1. The van der Waals surface area contributed by atoms with Crippen molar-refractivity contribution in [2.45, 2.75) is 13.5 Å². The van der Waals surface area contributed by atoms with E-state index in [1.807, 2.05) is 12.1 Å². The highest BCUT2D eigenvalue weighted by atomic mass is 32.1. The van der Waals surface area contributed by atoms with Gasteiger partial charge in [0.2, 0.25) is 5.91 Å². The zero-order valence-electron chi connectivity index (χ0n) is 15.5. The molecule has 0 spiro atoms. The van der Waals surface area contributed by atoms with Gasteiger partial charge in [0, 0.05) is 23.1 Å². The molecule has 0 aliphatic heterocycles. The van der Waals surface area contributed by atoms with Crippen LogP contribution < -0.4 is 10.6 Å². The molecule has 0 saturated carbocycles. The first-order valence-electron chi connectivity index (χ1n) is 8.88. The molecule has 2 aromatic carbocycles. The molecule has 2 amide bonds. The second-order valence-corrected chi connectivity index (χ2v) is 7.62. The van der Waals surface area contributed by atoms with Crippen LogP contribution in [0.5, 0.6) is 0 Å². The third kappa shape index (κ3) is 4.33. The summed E-state index contributed by atoms with van der Waals surface area (Å²) < 4.78 is 13.1. The monoisotopic (exact) mass is 408 g/mol. The van der Waals surface area contributed by atoms with E-state index in [1.165, 1.54) is 30.4 Å². The quantitative estimate of drug-likeness (QED) is 0.460. The largest absolute Gasteiger partial charge is 0.351 e. The predicted octanol–water partition coefficient (Wildman–Crippen LogP) is 4.32. The van der Waals surface area contributed by atoms with Gasteiger partial charge in [-0.3, -0.25) is 9.59 Å². The Morgan fingerprint density at radius 1 is 1.10 bits per heavy atom. The Bertz CT molecular complexity index is 1200. The van der Waals surface area contributed by atoms with E-state index in [-0.39, 0.29) is 17.6 Å². The van der Waals surface area contributed by atoms with Crippen LogP contribution in [-0.4, -0.2) is 21.8 Å². The summed E-state index contributed by atoms with van der Waals surface area (Å²) in [6.45, 7) is 1.86. The van der Waals surface area contributed by atoms with Crippen LogP contribution in [0.15, 0.2) is 54.6 Å². The summed E-state index contributed by atoms with van der Waals surface area (Å²) in [6.07, 6.45) is 0. The predicted molar refractivity (Wildman–Crippen MR) is 111 cm³/mol. The number of hydrogen-bond donors (Lipinski definition) is 3. The molecule has 6 nitrogen and oxygen atoms in total. The number of amides is 2. The number of thiophene rings is 1. The van der Waals surface area contributed by atoms with Crippen molar-refractivity contribution >= 4 is 39.9 Å². The zero-order chi connectivity index (χ0) is 20.4. The number of carbonyl (C=O) groups is 2. The SMILES string of the molecule is CC(=O)NCc1ccc(C(=O)Nc2ccc3nc(-c4ccc(F)cc4)[nH]c3c2)s1. The molecular formula is C21H17FN4O2S. The molecule has 3 N–H and O–H groups in total. The molecule has 0 bridgehead atoms. The Kier molecular flexibility index (Phi) is 5.09. The van der Waals surface area contributed by atoms with Gasteiger partial charge < -0.3 is 15.6 Å². The number of halogens is 1. The maximum Gasteiger partial charge on any atom is 0.265 e. The van der Waals surface area contributed by atoms with E-state index in [4.69, 9.17) is 0 Å². The summed E-state index contributed by atoms with van der Waals surface area (Å²) in [7, 11) is 0. The number of nitrogens with zero attached hydrogens (tertiary/aromatic N) is 1. The first kappa shape index (κ1) is 18.8. The normalized spacial score (nSPS) is 10.8. The minimum absolute atomic E-state index is 0.114. The summed E-state index contributed by atoms with van der Waals surface area (Å²) in [6, 6.07) is 15.0. The fraction of sp³-hybridized carbons (Fsp3) is 0.0952. The Labute approximate surface area is 169 Å². The van der Waals surface area contributed by atoms with Gasteiger partial charge in [0.15, 0.2) is 0 Å². The number of nitrogens with one attached hydrogen (secondary N) is 3. The van der Waals surface area contributed by atoms with Gasteiger partial charge in [-0.15, -0.1) is 11.3 Å². The van der Waals surface area contributed by atoms with Crippen LogP contribution in [0.3, 0.4) is 0 Å². The van der Waals surface area contributed by atoms with Gasteiger partial charge in [0.05, 0.1) is 22.5 Å². The van der Waals surface area contributed by atoms with Gasteiger partial charge in [0.25, 0.3) is 5.91 Å². The number of carbonyl (C=O) groups excluding carboxylic acids is 2. The molecule has 146 valence electrons. The van der Waals surface area contributed by atoms with Crippen molar-refractivity contribution < 1.29 is 14.0 Å². The third-order valence-electron chi connectivity index (χ3n) is 4.25. The number of fused-ring (bicyclic) bond motifs is 1. The summed E-state index contributed by atoms with van der Waals surface area (Å²) in [5.74, 6) is -0.00742. The van der Waals surface area contributed by atoms with Crippen LogP contribution in [0.1, 0.15) is 21.5 Å². The van der Waals surface area contributed by atoms with Crippen LogP contribution in [0.2, 0.25) is 0 Å². The second kappa shape index (κ2) is 7.84. The lowest BCUT2D eigenvalue weighted by Crippen LogP contribution is -2.18. The van der Waals surface area contributed by atoms with Crippen LogP contribution in [0, 0.1) is 5.82 Å². The average molecular weight is 408 g/mol. The number of imidazole rings is 1. The van der Waals surface area contributed by atoms with Crippen molar-refractivity contribution in [1.29, 1.82) is 0 Å². The molecule has 0 saturated heterocycles. The van der Waals surface area contributed by atoms with E-state index < -0.39 is 0 Å². The van der Waals surface area contributed by atoms with E-state index in [1.54, 1.807) is 30.3 Å². The fourth-order valence-electron chi connectivity index (χ4n) is 2.83. The highest BCUT2D eigenvalue weighted by Gasteiger charge is 2.12. The highest BCUT2D eigenvalue weighted by molar-refractivity contribution is 7.14. The number of benzene rings is 2. The van der Waals surface area contributed by atoms with E-state index in [0.29, 0.717) is 22.9 Å². The molecule has 4 aromatic rings. The summed E-state index contributed by atoms with van der Waals surface area (Å²) >= 11 is 1.33. The van der Waals surface area contributed by atoms with Crippen molar-refractivity contribution in [3.05, 3.63) is 70.2 Å². The zero-order valence-corrected chi connectivity index (χ0v) is 16.3. The van der Waals surface area contributed by atoms with E-state index in [2.05, 4.69) is 20.6 Å². The number of aromatic nitrogens is 2. The van der Waals surface area contributed by atoms with Crippen molar-refractivity contribution in [2.75, 3.05) is 5.32 Å². The maximum absolute atomic E-state index is 13.1. The molecule has 0 fully saturated rings. The smallest absolute Gasteiger partial charge is 0.265 e. The van der Waals surface area contributed by atoms with Gasteiger partial charge >= 0.3 is 0 Å². The summed E-state index contributed by atoms with van der Waals surface area (Å²) in [5.41, 5.74) is 2.92. The van der Waals surface area contributed by atoms with Gasteiger partial charge in [-0.25, -0.2) is 9.37 Å². The van der Waals surface area contributed by atoms with Crippen LogP contribution in [-0.2, 0) is 11.3 Å². The average Bonchev–Trinajstić information content (AvgIpc) is 3.33. The molecule has 4 rings (SSSR count). The molecule has 0 aliphatic carbocycles. The molecule has 0 radical (unpaired) electrons. The third-order valence-corrected chi connectivity index (χ3v) is 5.34. The van der Waals surface area contributed by atoms with Crippen LogP contribution >= 0.6 is 11.3 Å². The Balaban J connectivity index is 1.50. The lowest BCUT2D eigenvalue weighted by atomic mass is 10.2. The Hall–Kier alpha value is -3.52. The van der Waals surface area contributed by atoms with Crippen molar-refractivity contribution in [3.8, 4) is 11.4 Å². The van der Waals surface area contributed by atoms with Crippen LogP contribution in [0.4, 0.5) is 10.1 Å². The van der Waals surface area contributed by atoms with E-state index in [9.17, 15) is 14.0 Å². The molecule has 0 unspecified atom stereocenters. The molecule has 2 aromatic heterocycles. The molecule has 8 heteroatoms. The minimum atomic E-state index is -0.302. The van der Waals surface area contributed by atoms with E-state index >= 15 is 0 Å². The highest BCUT2D eigenvalue weighted by Crippen LogP contribution is 2.24. The fourth-order valence-corrected chi connectivity index (χ4v) is 3.67. The Morgan fingerprint density at radius 3 is 2.66 bits per heavy atom. The van der Waals surface area contributed by atoms with Crippen molar-refractivity contribution in [3.63, 3.8) is 0 Å². The second-order valence-electron chi connectivity index (χ2n) is 6.45. The topological polar surface area (TPSA) is 86.9 Å². The lowest BCUT2D eigenvalue weighted by molar-refractivity contribution is -0.119. The number of H-pyrrole nitrogens is 1. The van der Waals surface area contributed by atoms with Gasteiger partial charge in [-0.05, 0) is 54.6 Å². The number of anilines is 1. The number of hydrogen-bond acceptors (Lipinski definition) is 4. The number of rotatable bonds is 5. The molecule has 0 atom stereocenters. The van der Waals surface area contributed by atoms with E-state index in [0.717, 1.165) is 21.5 Å². The van der Waals surface area contributed by atoms with Gasteiger partial charge in [0.1, 0.15) is 11.6 Å². The molecule has 0 aliphatic rings. The first-order valence-corrected chi connectivity index (χ1v) is 9.70. The minimum Gasteiger partial charge on any atom is -0.351 e. The molecular weight excluding hydrogens is 391 g/mol. The molecule has 2 heterocycles. The summed E-state index contributed by atoms with van der Waals surface area (Å²) in [5, 5.41) is 5.58. The standard InChI is InChI=1S/C21H17FN4O2S/c1-12(27)23-11-16-7-9-19(29-16)21(28)24-15-6-8-17-18(10-15)26-20(25-17)13-2-4-14(22)5-3-13/h2-10H,11H2,1H3,(H,23,27)(H,24,28)(H,25,26). The van der Waals surface area contributed by atoms with Crippen molar-refractivity contribution in [1.82, 2.24) is 15.3 Å². The van der Waals surface area contributed by atoms with Crippen molar-refractivity contribution in [2.24, 2.45) is 0 Å². The van der Waals surface area contributed by atoms with Gasteiger partial charge in [-0.1, -0.05) is 0 Å². The van der Waals surface area contributed by atoms with Gasteiger partial charge in [-0.2, -0.15) is 0 Å². The Morgan fingerprint density at radius 2 is 1.90 bits per heavy atom. The number of aromatic amines is 1. The molecule has 29 heavy (non-hydrogen) atoms. The first-order chi connectivity index (χ1) is 14.0. The lowest BCUT2D eigenvalue weighted by Gasteiger charge is -2.03. The van der Waals surface area contributed by atoms with Crippen LogP contribution in [0.25, 0.3) is 22.4 Å².